The minimum Gasteiger partial charge on any atom is -0.396 e. The molecule has 78 valence electrons. The van der Waals surface area contributed by atoms with Crippen LogP contribution in [0.4, 0.5) is 0 Å². The summed E-state index contributed by atoms with van der Waals surface area (Å²) in [6.07, 6.45) is 1.74. The topological polar surface area (TPSA) is 46.2 Å². The summed E-state index contributed by atoms with van der Waals surface area (Å²) >= 11 is 0. The summed E-state index contributed by atoms with van der Waals surface area (Å²) < 4.78 is 0. The maximum atomic E-state index is 8.91. The van der Waals surface area contributed by atoms with Crippen molar-refractivity contribution < 1.29 is 5.11 Å². The highest BCUT2D eigenvalue weighted by Crippen LogP contribution is 2.14. The van der Waals surface area contributed by atoms with E-state index in [9.17, 15) is 0 Å². The van der Waals surface area contributed by atoms with Crippen molar-refractivity contribution in [3.63, 3.8) is 0 Å². The number of nitrogens with two attached hydrogens (primary N) is 1. The number of hydrogen-bond donors (Lipinski definition) is 2. The molecule has 1 rings (SSSR count). The van der Waals surface area contributed by atoms with Gasteiger partial charge in [-0.15, -0.1) is 0 Å². The van der Waals surface area contributed by atoms with E-state index < -0.39 is 0 Å². The molecule has 2 heteroatoms. The van der Waals surface area contributed by atoms with Crippen LogP contribution in [-0.2, 0) is 6.42 Å². The Hall–Kier alpha value is -0.860. The standard InChI is InChI=1S/C12H19NO/c1-10(13)12(7-8-14)9-11-5-3-2-4-6-11/h2-6,10,12,14H,7-9,13H2,1H3. The van der Waals surface area contributed by atoms with Crippen molar-refractivity contribution in [2.45, 2.75) is 25.8 Å². The highest BCUT2D eigenvalue weighted by atomic mass is 16.3. The predicted molar refractivity (Wildman–Crippen MR) is 59.0 cm³/mol. The van der Waals surface area contributed by atoms with Gasteiger partial charge in [0.05, 0.1) is 0 Å². The first-order valence-corrected chi connectivity index (χ1v) is 5.14. The van der Waals surface area contributed by atoms with Gasteiger partial charge >= 0.3 is 0 Å². The zero-order valence-corrected chi connectivity index (χ0v) is 8.69. The lowest BCUT2D eigenvalue weighted by atomic mass is 9.91. The molecule has 14 heavy (non-hydrogen) atoms. The number of rotatable bonds is 5. The Balaban J connectivity index is 2.55. The van der Waals surface area contributed by atoms with E-state index in [-0.39, 0.29) is 12.6 Å². The summed E-state index contributed by atoms with van der Waals surface area (Å²) in [5.74, 6) is 0.377. The second-order valence-corrected chi connectivity index (χ2v) is 3.82. The van der Waals surface area contributed by atoms with E-state index in [2.05, 4.69) is 12.1 Å². The van der Waals surface area contributed by atoms with Crippen molar-refractivity contribution in [3.8, 4) is 0 Å². The molecule has 2 unspecified atom stereocenters. The summed E-state index contributed by atoms with van der Waals surface area (Å²) in [4.78, 5) is 0. The Morgan fingerprint density at radius 2 is 1.93 bits per heavy atom. The molecule has 0 spiro atoms. The molecule has 1 aromatic carbocycles. The third-order valence-corrected chi connectivity index (χ3v) is 2.58. The number of aliphatic hydroxyl groups is 1. The third kappa shape index (κ3) is 3.48. The van der Waals surface area contributed by atoms with Crippen molar-refractivity contribution in [2.75, 3.05) is 6.61 Å². The first-order chi connectivity index (χ1) is 6.74. The van der Waals surface area contributed by atoms with E-state index in [0.717, 1.165) is 12.8 Å². The van der Waals surface area contributed by atoms with Crippen molar-refractivity contribution in [2.24, 2.45) is 11.7 Å². The predicted octanol–water partition coefficient (Wildman–Crippen LogP) is 1.57. The Kier molecular flexibility index (Phi) is 4.63. The Bertz CT molecular complexity index is 246. The fraction of sp³-hybridized carbons (Fsp3) is 0.500. The fourth-order valence-corrected chi connectivity index (χ4v) is 1.63. The Morgan fingerprint density at radius 1 is 1.29 bits per heavy atom. The van der Waals surface area contributed by atoms with Gasteiger partial charge in [0.25, 0.3) is 0 Å². The summed E-state index contributed by atoms with van der Waals surface area (Å²) in [5, 5.41) is 8.91. The van der Waals surface area contributed by atoms with Gasteiger partial charge in [-0.25, -0.2) is 0 Å². The molecule has 1 aromatic rings. The zero-order chi connectivity index (χ0) is 10.4. The highest BCUT2D eigenvalue weighted by Gasteiger charge is 2.13. The molecule has 0 saturated heterocycles. The first-order valence-electron chi connectivity index (χ1n) is 5.14. The molecule has 0 heterocycles. The second kappa shape index (κ2) is 5.78. The van der Waals surface area contributed by atoms with Gasteiger partial charge in [-0.2, -0.15) is 0 Å². The van der Waals surface area contributed by atoms with E-state index >= 15 is 0 Å². The molecule has 2 nitrogen and oxygen atoms in total. The molecule has 0 aliphatic heterocycles. The molecule has 0 aliphatic carbocycles. The minimum absolute atomic E-state index is 0.141. The molecule has 0 aliphatic rings. The molecule has 0 bridgehead atoms. The van der Waals surface area contributed by atoms with Gasteiger partial charge in [-0.1, -0.05) is 30.3 Å². The van der Waals surface area contributed by atoms with Crippen LogP contribution in [0.15, 0.2) is 30.3 Å². The Morgan fingerprint density at radius 3 is 2.43 bits per heavy atom. The van der Waals surface area contributed by atoms with Crippen molar-refractivity contribution in [1.29, 1.82) is 0 Å². The molecule has 0 amide bonds. The van der Waals surface area contributed by atoms with Crippen LogP contribution in [0.5, 0.6) is 0 Å². The van der Waals surface area contributed by atoms with E-state index in [1.165, 1.54) is 5.56 Å². The van der Waals surface area contributed by atoms with E-state index in [1.807, 2.05) is 25.1 Å². The van der Waals surface area contributed by atoms with Crippen LogP contribution in [0.2, 0.25) is 0 Å². The molecule has 0 fully saturated rings. The van der Waals surface area contributed by atoms with Gasteiger partial charge in [0.2, 0.25) is 0 Å². The van der Waals surface area contributed by atoms with Crippen LogP contribution >= 0.6 is 0 Å². The van der Waals surface area contributed by atoms with Crippen LogP contribution in [0.1, 0.15) is 18.9 Å². The molecule has 3 N–H and O–H groups in total. The SMILES string of the molecule is CC(N)C(CCO)Cc1ccccc1. The monoisotopic (exact) mass is 193 g/mol. The number of benzene rings is 1. The van der Waals surface area contributed by atoms with Gasteiger partial charge in [0.15, 0.2) is 0 Å². The molecule has 0 radical (unpaired) electrons. The molecular formula is C12H19NO. The van der Waals surface area contributed by atoms with Crippen LogP contribution in [-0.4, -0.2) is 17.8 Å². The lowest BCUT2D eigenvalue weighted by Gasteiger charge is -2.19. The summed E-state index contributed by atoms with van der Waals surface area (Å²) in [6.45, 7) is 2.22. The third-order valence-electron chi connectivity index (χ3n) is 2.58. The minimum atomic E-state index is 0.141. The molecular weight excluding hydrogens is 174 g/mol. The van der Waals surface area contributed by atoms with Crippen LogP contribution in [0, 0.1) is 5.92 Å². The van der Waals surface area contributed by atoms with Crippen LogP contribution in [0.25, 0.3) is 0 Å². The van der Waals surface area contributed by atoms with Crippen molar-refractivity contribution in [3.05, 3.63) is 35.9 Å². The summed E-state index contributed by atoms with van der Waals surface area (Å²) in [5.41, 5.74) is 7.15. The lowest BCUT2D eigenvalue weighted by Crippen LogP contribution is -2.29. The normalized spacial score (nSPS) is 15.1. The van der Waals surface area contributed by atoms with Gasteiger partial charge in [0, 0.05) is 12.6 Å². The van der Waals surface area contributed by atoms with E-state index in [0.29, 0.717) is 5.92 Å². The Labute approximate surface area is 85.8 Å². The zero-order valence-electron chi connectivity index (χ0n) is 8.69. The lowest BCUT2D eigenvalue weighted by molar-refractivity contribution is 0.244. The van der Waals surface area contributed by atoms with Crippen LogP contribution < -0.4 is 5.73 Å². The maximum Gasteiger partial charge on any atom is 0.0434 e. The highest BCUT2D eigenvalue weighted by molar-refractivity contribution is 5.15. The average Bonchev–Trinajstić information content (AvgIpc) is 2.18. The van der Waals surface area contributed by atoms with E-state index in [1.54, 1.807) is 0 Å². The summed E-state index contributed by atoms with van der Waals surface area (Å²) in [7, 11) is 0. The smallest absolute Gasteiger partial charge is 0.0434 e. The van der Waals surface area contributed by atoms with Gasteiger partial charge in [-0.3, -0.25) is 0 Å². The molecule has 0 saturated carbocycles. The second-order valence-electron chi connectivity index (χ2n) is 3.82. The van der Waals surface area contributed by atoms with Crippen LogP contribution in [0.3, 0.4) is 0 Å². The largest absolute Gasteiger partial charge is 0.396 e. The number of aliphatic hydroxyl groups excluding tert-OH is 1. The van der Waals surface area contributed by atoms with E-state index in [4.69, 9.17) is 10.8 Å². The van der Waals surface area contributed by atoms with Crippen molar-refractivity contribution in [1.82, 2.24) is 0 Å². The van der Waals surface area contributed by atoms with Gasteiger partial charge in [-0.05, 0) is 31.2 Å². The first kappa shape index (κ1) is 11.2. The quantitative estimate of drug-likeness (QED) is 0.745. The molecule has 2 atom stereocenters. The average molecular weight is 193 g/mol. The van der Waals surface area contributed by atoms with Gasteiger partial charge < -0.3 is 10.8 Å². The fourth-order valence-electron chi connectivity index (χ4n) is 1.63. The number of hydrogen-bond acceptors (Lipinski definition) is 2. The molecule has 0 aromatic heterocycles. The maximum absolute atomic E-state index is 8.91. The van der Waals surface area contributed by atoms with Gasteiger partial charge in [0.1, 0.15) is 0 Å². The van der Waals surface area contributed by atoms with Crippen molar-refractivity contribution >= 4 is 0 Å². The summed E-state index contributed by atoms with van der Waals surface area (Å²) in [6, 6.07) is 10.4.